The molecule has 8 nitrogen and oxygen atoms in total. The van der Waals surface area contributed by atoms with Crippen LogP contribution in [0.15, 0.2) is 54.7 Å². The van der Waals surface area contributed by atoms with Gasteiger partial charge in [0, 0.05) is 11.8 Å². The zero-order chi connectivity index (χ0) is 20.4. The van der Waals surface area contributed by atoms with Crippen molar-refractivity contribution in [3.63, 3.8) is 0 Å². The summed E-state index contributed by atoms with van der Waals surface area (Å²) in [5.41, 5.74) is 1.70. The molecule has 1 fully saturated rings. The van der Waals surface area contributed by atoms with E-state index >= 15 is 0 Å². The summed E-state index contributed by atoms with van der Waals surface area (Å²) >= 11 is 0. The zero-order valence-electron chi connectivity index (χ0n) is 15.8. The van der Waals surface area contributed by atoms with Gasteiger partial charge in [-0.1, -0.05) is 6.07 Å². The van der Waals surface area contributed by atoms with Gasteiger partial charge in [-0.15, -0.1) is 0 Å². The number of carbonyl (C=O) groups excluding carboxylic acids is 1. The second-order valence-corrected chi connectivity index (χ2v) is 9.04. The fraction of sp³-hybridized carbons (Fsp3) is 0.250. The highest BCUT2D eigenvalue weighted by atomic mass is 32.2. The predicted molar refractivity (Wildman–Crippen MR) is 109 cm³/mol. The lowest BCUT2D eigenvalue weighted by Crippen LogP contribution is -2.17. The third kappa shape index (κ3) is 4.14. The molecule has 3 heterocycles. The maximum atomic E-state index is 12.7. The molecule has 1 atom stereocenters. The second kappa shape index (κ2) is 7.67. The molecule has 9 heteroatoms. The van der Waals surface area contributed by atoms with Crippen molar-refractivity contribution in [1.29, 1.82) is 0 Å². The van der Waals surface area contributed by atoms with Crippen LogP contribution < -0.4 is 10.1 Å². The minimum atomic E-state index is -3.10. The third-order valence-corrected chi connectivity index (χ3v) is 6.57. The summed E-state index contributed by atoms with van der Waals surface area (Å²) in [4.78, 5) is 16.8. The van der Waals surface area contributed by atoms with E-state index in [1.807, 2.05) is 24.3 Å². The summed E-state index contributed by atoms with van der Waals surface area (Å²) in [5, 5.41) is 7.17. The van der Waals surface area contributed by atoms with E-state index in [0.717, 1.165) is 5.56 Å². The second-order valence-electron chi connectivity index (χ2n) is 6.81. The summed E-state index contributed by atoms with van der Waals surface area (Å²) in [5.74, 6) is 0.852. The van der Waals surface area contributed by atoms with E-state index in [0.29, 0.717) is 23.7 Å². The molecule has 3 aromatic rings. The maximum absolute atomic E-state index is 12.7. The van der Waals surface area contributed by atoms with Gasteiger partial charge >= 0.3 is 0 Å². The third-order valence-electron chi connectivity index (χ3n) is 4.81. The number of nitrogens with zero attached hydrogens (tertiary/aromatic N) is 3. The summed E-state index contributed by atoms with van der Waals surface area (Å²) in [6.45, 7) is 0. The largest absolute Gasteiger partial charge is 0.497 e. The zero-order valence-corrected chi connectivity index (χ0v) is 16.6. The van der Waals surface area contributed by atoms with Gasteiger partial charge in [-0.2, -0.15) is 5.10 Å². The number of benzene rings is 1. The molecule has 1 aromatic carbocycles. The van der Waals surface area contributed by atoms with Gasteiger partial charge in [-0.3, -0.25) is 9.48 Å². The first kappa shape index (κ1) is 19.1. The number of rotatable bonds is 5. The van der Waals surface area contributed by atoms with Crippen LogP contribution in [0.3, 0.4) is 0 Å². The van der Waals surface area contributed by atoms with E-state index in [1.165, 1.54) is 0 Å². The molecule has 0 saturated carbocycles. The molecular formula is C20H20N4O4S. The number of aromatic nitrogens is 3. The Hall–Kier alpha value is -3.20. The number of sulfone groups is 1. The normalized spacial score (nSPS) is 17.8. The van der Waals surface area contributed by atoms with E-state index in [2.05, 4.69) is 15.4 Å². The molecule has 0 aliphatic carbocycles. The van der Waals surface area contributed by atoms with Gasteiger partial charge in [0.05, 0.1) is 30.4 Å². The van der Waals surface area contributed by atoms with E-state index in [4.69, 9.17) is 4.74 Å². The number of methoxy groups -OCH3 is 1. The summed E-state index contributed by atoms with van der Waals surface area (Å²) < 4.78 is 30.8. The quantitative estimate of drug-likeness (QED) is 0.691. The molecule has 0 radical (unpaired) electrons. The Balaban J connectivity index is 1.70. The molecular weight excluding hydrogens is 392 g/mol. The minimum Gasteiger partial charge on any atom is -0.497 e. The number of carbonyl (C=O) groups is 1. The lowest BCUT2D eigenvalue weighted by atomic mass is 10.1. The highest BCUT2D eigenvalue weighted by Gasteiger charge is 2.32. The van der Waals surface area contributed by atoms with Crippen LogP contribution in [0.4, 0.5) is 5.82 Å². The lowest BCUT2D eigenvalue weighted by Gasteiger charge is -2.13. The van der Waals surface area contributed by atoms with Gasteiger partial charge < -0.3 is 10.1 Å². The number of hydrogen-bond donors (Lipinski definition) is 1. The fourth-order valence-corrected chi connectivity index (χ4v) is 5.04. The van der Waals surface area contributed by atoms with Gasteiger partial charge in [0.1, 0.15) is 11.6 Å². The topological polar surface area (TPSA) is 103 Å². The number of nitrogens with one attached hydrogen (secondary N) is 1. The van der Waals surface area contributed by atoms with Gasteiger partial charge in [0.15, 0.2) is 15.5 Å². The van der Waals surface area contributed by atoms with E-state index in [9.17, 15) is 13.2 Å². The number of hydrogen-bond acceptors (Lipinski definition) is 6. The minimum absolute atomic E-state index is 0.0130. The standard InChI is InChI=1S/C20H20N4O4S/c1-28-16-7-5-14(6-8-16)18-12-17(20(25)22-19-4-2-3-10-21-19)23-24(18)15-9-11-29(26,27)13-15/h2-8,10,12,15H,9,11,13H2,1H3,(H,21,22,25)/t15-/m0/s1. The van der Waals surface area contributed by atoms with Gasteiger partial charge in [0.25, 0.3) is 5.91 Å². The van der Waals surface area contributed by atoms with E-state index < -0.39 is 15.7 Å². The van der Waals surface area contributed by atoms with Crippen LogP contribution in [0.2, 0.25) is 0 Å². The SMILES string of the molecule is COc1ccc(-c2cc(C(=O)Nc3ccccn3)nn2[C@H]2CCS(=O)(=O)C2)cc1. The Labute approximate surface area is 168 Å². The van der Waals surface area contributed by atoms with Crippen molar-refractivity contribution in [2.45, 2.75) is 12.5 Å². The van der Waals surface area contributed by atoms with E-state index in [1.54, 1.807) is 42.3 Å². The molecule has 0 unspecified atom stereocenters. The van der Waals surface area contributed by atoms with Crippen molar-refractivity contribution in [2.75, 3.05) is 23.9 Å². The number of ether oxygens (including phenoxy) is 1. The van der Waals surface area contributed by atoms with Crippen LogP contribution in [0.25, 0.3) is 11.3 Å². The van der Waals surface area contributed by atoms with Crippen LogP contribution in [-0.2, 0) is 9.84 Å². The first-order chi connectivity index (χ1) is 13.9. The average molecular weight is 412 g/mol. The van der Waals surface area contributed by atoms with Gasteiger partial charge in [-0.05, 0) is 48.9 Å². The summed E-state index contributed by atoms with van der Waals surface area (Å²) in [6.07, 6.45) is 2.05. The Morgan fingerprint density at radius 1 is 1.21 bits per heavy atom. The average Bonchev–Trinajstić information content (AvgIpc) is 3.32. The Kier molecular flexibility index (Phi) is 5.06. The highest BCUT2D eigenvalue weighted by Crippen LogP contribution is 2.31. The van der Waals surface area contributed by atoms with Crippen LogP contribution in [0.1, 0.15) is 23.0 Å². The van der Waals surface area contributed by atoms with Crippen LogP contribution >= 0.6 is 0 Å². The lowest BCUT2D eigenvalue weighted by molar-refractivity contribution is 0.102. The summed E-state index contributed by atoms with van der Waals surface area (Å²) in [6, 6.07) is 13.9. The van der Waals surface area contributed by atoms with Crippen molar-refractivity contribution < 1.29 is 17.9 Å². The predicted octanol–water partition coefficient (Wildman–Crippen LogP) is 2.57. The molecule has 150 valence electrons. The van der Waals surface area contributed by atoms with Crippen molar-refractivity contribution in [2.24, 2.45) is 0 Å². The van der Waals surface area contributed by atoms with Gasteiger partial charge in [-0.25, -0.2) is 13.4 Å². The molecule has 1 saturated heterocycles. The number of anilines is 1. The highest BCUT2D eigenvalue weighted by molar-refractivity contribution is 7.91. The van der Waals surface area contributed by atoms with Crippen LogP contribution in [-0.4, -0.2) is 47.7 Å². The molecule has 29 heavy (non-hydrogen) atoms. The molecule has 1 aliphatic heterocycles. The van der Waals surface area contributed by atoms with E-state index in [-0.39, 0.29) is 23.2 Å². The van der Waals surface area contributed by atoms with Crippen molar-refractivity contribution in [3.05, 3.63) is 60.4 Å². The molecule has 1 N–H and O–H groups in total. The molecule has 4 rings (SSSR count). The van der Waals surface area contributed by atoms with Crippen molar-refractivity contribution >= 4 is 21.6 Å². The molecule has 0 spiro atoms. The van der Waals surface area contributed by atoms with Crippen LogP contribution in [0.5, 0.6) is 5.75 Å². The first-order valence-electron chi connectivity index (χ1n) is 9.12. The number of pyridine rings is 1. The van der Waals surface area contributed by atoms with Gasteiger partial charge in [0.2, 0.25) is 0 Å². The van der Waals surface area contributed by atoms with Crippen molar-refractivity contribution in [1.82, 2.24) is 14.8 Å². The molecule has 1 aliphatic rings. The Morgan fingerprint density at radius 2 is 2.00 bits per heavy atom. The molecule has 1 amide bonds. The first-order valence-corrected chi connectivity index (χ1v) is 10.9. The maximum Gasteiger partial charge on any atom is 0.277 e. The molecule has 2 aromatic heterocycles. The fourth-order valence-electron chi connectivity index (χ4n) is 3.35. The summed E-state index contributed by atoms with van der Waals surface area (Å²) in [7, 11) is -1.52. The number of amides is 1. The Bertz CT molecular complexity index is 1130. The van der Waals surface area contributed by atoms with Crippen LogP contribution in [0, 0.1) is 0 Å². The van der Waals surface area contributed by atoms with Crippen molar-refractivity contribution in [3.8, 4) is 17.0 Å². The Morgan fingerprint density at radius 3 is 2.62 bits per heavy atom. The monoisotopic (exact) mass is 412 g/mol. The molecule has 0 bridgehead atoms. The smallest absolute Gasteiger partial charge is 0.277 e.